The van der Waals surface area contributed by atoms with Gasteiger partial charge < -0.3 is 15.7 Å². The number of hydrogen-bond donors (Lipinski definition) is 3. The molecule has 0 bridgehead atoms. The Bertz CT molecular complexity index is 306. The van der Waals surface area contributed by atoms with Crippen molar-refractivity contribution in [2.24, 2.45) is 0 Å². The first-order valence-corrected chi connectivity index (χ1v) is 5.69. The van der Waals surface area contributed by atoms with Crippen LogP contribution in [0.4, 0.5) is 11.6 Å². The number of nitrogens with zero attached hydrogens (tertiary/aromatic N) is 2. The Morgan fingerprint density at radius 2 is 2.12 bits per heavy atom. The molecule has 0 saturated heterocycles. The molecular formula is C11H20N4O. The normalized spacial score (nSPS) is 12.2. The third-order valence-electron chi connectivity index (χ3n) is 2.18. The van der Waals surface area contributed by atoms with Gasteiger partial charge in [0.25, 0.3) is 0 Å². The molecule has 0 aromatic carbocycles. The summed E-state index contributed by atoms with van der Waals surface area (Å²) in [4.78, 5) is 8.24. The number of hydrogen-bond acceptors (Lipinski definition) is 5. The Labute approximate surface area is 96.3 Å². The summed E-state index contributed by atoms with van der Waals surface area (Å²) in [5.41, 5.74) is 0. The number of anilines is 2. The second-order valence-electron chi connectivity index (χ2n) is 3.77. The highest BCUT2D eigenvalue weighted by Gasteiger charge is 2.03. The standard InChI is InChI=1S/C11H20N4O/c1-3-5-12-10-7-11(14-8-13-10)15-9(2)4-6-16/h7-9,16H,3-6H2,1-2H3,(H2,12,13,14,15). The van der Waals surface area contributed by atoms with Gasteiger partial charge in [-0.25, -0.2) is 9.97 Å². The number of aliphatic hydroxyl groups is 1. The molecule has 0 aliphatic heterocycles. The Hall–Kier alpha value is -1.36. The van der Waals surface area contributed by atoms with Gasteiger partial charge in [0.05, 0.1) is 0 Å². The van der Waals surface area contributed by atoms with Crippen molar-refractivity contribution in [1.29, 1.82) is 0 Å². The zero-order chi connectivity index (χ0) is 11.8. The quantitative estimate of drug-likeness (QED) is 0.654. The fourth-order valence-electron chi connectivity index (χ4n) is 1.30. The molecule has 0 fully saturated rings. The maximum atomic E-state index is 8.80. The maximum Gasteiger partial charge on any atom is 0.131 e. The van der Waals surface area contributed by atoms with Gasteiger partial charge in [0.1, 0.15) is 18.0 Å². The van der Waals surface area contributed by atoms with Gasteiger partial charge in [-0.2, -0.15) is 0 Å². The van der Waals surface area contributed by atoms with E-state index in [1.165, 1.54) is 6.33 Å². The Morgan fingerprint density at radius 1 is 1.38 bits per heavy atom. The monoisotopic (exact) mass is 224 g/mol. The van der Waals surface area contributed by atoms with Crippen molar-refractivity contribution in [2.45, 2.75) is 32.7 Å². The number of aromatic nitrogens is 2. The molecule has 90 valence electrons. The minimum atomic E-state index is 0.181. The predicted octanol–water partition coefficient (Wildman–Crippen LogP) is 1.48. The molecular weight excluding hydrogens is 204 g/mol. The summed E-state index contributed by atoms with van der Waals surface area (Å²) < 4.78 is 0. The van der Waals surface area contributed by atoms with Crippen LogP contribution in [0.3, 0.4) is 0 Å². The zero-order valence-corrected chi connectivity index (χ0v) is 9.90. The Balaban J connectivity index is 2.52. The van der Waals surface area contributed by atoms with Crippen molar-refractivity contribution < 1.29 is 5.11 Å². The lowest BCUT2D eigenvalue weighted by Gasteiger charge is -2.13. The van der Waals surface area contributed by atoms with Gasteiger partial charge in [-0.05, 0) is 19.8 Å². The van der Waals surface area contributed by atoms with E-state index in [0.717, 1.165) is 24.6 Å². The fourth-order valence-corrected chi connectivity index (χ4v) is 1.30. The van der Waals surface area contributed by atoms with Crippen LogP contribution >= 0.6 is 0 Å². The molecule has 1 aromatic heterocycles. The van der Waals surface area contributed by atoms with Crippen LogP contribution in [0.5, 0.6) is 0 Å². The van der Waals surface area contributed by atoms with Crippen LogP contribution < -0.4 is 10.6 Å². The van der Waals surface area contributed by atoms with E-state index in [0.29, 0.717) is 6.42 Å². The lowest BCUT2D eigenvalue weighted by molar-refractivity contribution is 0.282. The van der Waals surface area contributed by atoms with Crippen LogP contribution in [-0.4, -0.2) is 34.3 Å². The second kappa shape index (κ2) is 7.00. The molecule has 0 saturated carbocycles. The average molecular weight is 224 g/mol. The summed E-state index contributed by atoms with van der Waals surface area (Å²) in [7, 11) is 0. The van der Waals surface area contributed by atoms with Crippen LogP contribution in [0.1, 0.15) is 26.7 Å². The number of aliphatic hydroxyl groups excluding tert-OH is 1. The van der Waals surface area contributed by atoms with E-state index < -0.39 is 0 Å². The Kier molecular flexibility index (Phi) is 5.56. The largest absolute Gasteiger partial charge is 0.396 e. The molecule has 0 aliphatic carbocycles. The van der Waals surface area contributed by atoms with Crippen molar-refractivity contribution in [2.75, 3.05) is 23.8 Å². The summed E-state index contributed by atoms with van der Waals surface area (Å²) in [6.45, 7) is 5.21. The minimum absolute atomic E-state index is 0.181. The first-order valence-electron chi connectivity index (χ1n) is 5.69. The fraction of sp³-hybridized carbons (Fsp3) is 0.636. The van der Waals surface area contributed by atoms with Crippen LogP contribution in [0, 0.1) is 0 Å². The third-order valence-corrected chi connectivity index (χ3v) is 2.18. The smallest absolute Gasteiger partial charge is 0.131 e. The predicted molar refractivity (Wildman–Crippen MR) is 65.6 cm³/mol. The molecule has 5 heteroatoms. The molecule has 1 unspecified atom stereocenters. The lowest BCUT2D eigenvalue weighted by atomic mass is 10.2. The van der Waals surface area contributed by atoms with Gasteiger partial charge in [0.2, 0.25) is 0 Å². The van der Waals surface area contributed by atoms with E-state index in [-0.39, 0.29) is 12.6 Å². The highest BCUT2D eigenvalue weighted by Crippen LogP contribution is 2.10. The maximum absolute atomic E-state index is 8.80. The van der Waals surface area contributed by atoms with E-state index in [1.54, 1.807) is 0 Å². The average Bonchev–Trinajstić information content (AvgIpc) is 2.27. The van der Waals surface area contributed by atoms with E-state index in [9.17, 15) is 0 Å². The molecule has 0 aliphatic rings. The third kappa shape index (κ3) is 4.44. The summed E-state index contributed by atoms with van der Waals surface area (Å²) in [5, 5.41) is 15.2. The minimum Gasteiger partial charge on any atom is -0.396 e. The first kappa shape index (κ1) is 12.7. The van der Waals surface area contributed by atoms with E-state index >= 15 is 0 Å². The molecule has 0 spiro atoms. The molecule has 0 radical (unpaired) electrons. The van der Waals surface area contributed by atoms with Gasteiger partial charge in [-0.15, -0.1) is 0 Å². The van der Waals surface area contributed by atoms with Gasteiger partial charge in [-0.3, -0.25) is 0 Å². The van der Waals surface area contributed by atoms with Crippen LogP contribution in [-0.2, 0) is 0 Å². The zero-order valence-electron chi connectivity index (χ0n) is 9.90. The summed E-state index contributed by atoms with van der Waals surface area (Å²) >= 11 is 0. The van der Waals surface area contributed by atoms with Crippen molar-refractivity contribution in [3.05, 3.63) is 12.4 Å². The summed E-state index contributed by atoms with van der Waals surface area (Å²) in [6.07, 6.45) is 3.31. The highest BCUT2D eigenvalue weighted by atomic mass is 16.3. The number of nitrogens with one attached hydrogen (secondary N) is 2. The van der Waals surface area contributed by atoms with E-state index in [2.05, 4.69) is 27.5 Å². The summed E-state index contributed by atoms with van der Waals surface area (Å²) in [5.74, 6) is 1.62. The molecule has 0 amide bonds. The second-order valence-corrected chi connectivity index (χ2v) is 3.77. The molecule has 3 N–H and O–H groups in total. The van der Waals surface area contributed by atoms with Gasteiger partial charge in [-0.1, -0.05) is 6.92 Å². The highest BCUT2D eigenvalue weighted by molar-refractivity contribution is 5.46. The summed E-state index contributed by atoms with van der Waals surface area (Å²) in [6, 6.07) is 2.09. The molecule has 1 rings (SSSR count). The molecule has 16 heavy (non-hydrogen) atoms. The van der Waals surface area contributed by atoms with Crippen LogP contribution in [0.15, 0.2) is 12.4 Å². The van der Waals surface area contributed by atoms with Gasteiger partial charge in [0, 0.05) is 25.3 Å². The number of rotatable bonds is 7. The SMILES string of the molecule is CCCNc1cc(NC(C)CCO)ncn1. The van der Waals surface area contributed by atoms with E-state index in [1.807, 2.05) is 13.0 Å². The first-order chi connectivity index (χ1) is 7.76. The van der Waals surface area contributed by atoms with Gasteiger partial charge >= 0.3 is 0 Å². The molecule has 1 heterocycles. The lowest BCUT2D eigenvalue weighted by Crippen LogP contribution is -2.17. The molecule has 5 nitrogen and oxygen atoms in total. The van der Waals surface area contributed by atoms with Crippen LogP contribution in [0.2, 0.25) is 0 Å². The van der Waals surface area contributed by atoms with E-state index in [4.69, 9.17) is 5.11 Å². The van der Waals surface area contributed by atoms with Crippen LogP contribution in [0.25, 0.3) is 0 Å². The van der Waals surface area contributed by atoms with Crippen molar-refractivity contribution >= 4 is 11.6 Å². The van der Waals surface area contributed by atoms with Crippen molar-refractivity contribution in [3.63, 3.8) is 0 Å². The van der Waals surface area contributed by atoms with Crippen molar-refractivity contribution in [1.82, 2.24) is 9.97 Å². The topological polar surface area (TPSA) is 70.1 Å². The van der Waals surface area contributed by atoms with Crippen molar-refractivity contribution in [3.8, 4) is 0 Å². The Morgan fingerprint density at radius 3 is 2.81 bits per heavy atom. The molecule has 1 atom stereocenters. The van der Waals surface area contributed by atoms with Gasteiger partial charge in [0.15, 0.2) is 0 Å². The molecule has 1 aromatic rings.